The molecule has 1 aliphatic rings. The number of benzene rings is 1. The van der Waals surface area contributed by atoms with Crippen molar-refractivity contribution in [3.8, 4) is 0 Å². The minimum atomic E-state index is -1.06. The summed E-state index contributed by atoms with van der Waals surface area (Å²) in [6, 6.07) is 7.40. The number of carbonyl (C=O) groups excluding carboxylic acids is 1. The van der Waals surface area contributed by atoms with Crippen molar-refractivity contribution in [3.63, 3.8) is 0 Å². The number of hydrogen-bond donors (Lipinski definition) is 2. The molecular formula is C16H23N3O3. The number of aryl methyl sites for hydroxylation is 1. The minimum absolute atomic E-state index is 0.0137. The van der Waals surface area contributed by atoms with Crippen LogP contribution in [0.3, 0.4) is 0 Å². The van der Waals surface area contributed by atoms with E-state index in [-0.39, 0.29) is 18.7 Å². The first kappa shape index (κ1) is 16.3. The van der Waals surface area contributed by atoms with Gasteiger partial charge in [0.25, 0.3) is 0 Å². The van der Waals surface area contributed by atoms with Gasteiger partial charge in [0.2, 0.25) is 5.91 Å². The summed E-state index contributed by atoms with van der Waals surface area (Å²) in [5.41, 5.74) is 7.83. The normalized spacial score (nSPS) is 16.5. The molecule has 3 N–H and O–H groups in total. The van der Waals surface area contributed by atoms with Crippen molar-refractivity contribution in [3.05, 3.63) is 29.8 Å². The first-order valence-corrected chi connectivity index (χ1v) is 7.55. The Hall–Kier alpha value is -2.08. The molecule has 1 aromatic carbocycles. The lowest BCUT2D eigenvalue weighted by Gasteiger charge is -2.36. The average molecular weight is 305 g/mol. The van der Waals surface area contributed by atoms with Crippen molar-refractivity contribution < 1.29 is 14.7 Å². The number of carbonyl (C=O) groups is 2. The van der Waals surface area contributed by atoms with Gasteiger partial charge >= 0.3 is 5.97 Å². The number of piperazine rings is 1. The quantitative estimate of drug-likeness (QED) is 0.841. The van der Waals surface area contributed by atoms with E-state index in [9.17, 15) is 9.59 Å². The molecule has 2 rings (SSSR count). The maximum absolute atomic E-state index is 12.1. The zero-order valence-corrected chi connectivity index (χ0v) is 12.9. The van der Waals surface area contributed by atoms with Gasteiger partial charge in [-0.3, -0.25) is 9.59 Å². The number of carboxylic acids is 1. The summed E-state index contributed by atoms with van der Waals surface area (Å²) in [6.07, 6.45) is 0.379. The van der Waals surface area contributed by atoms with Gasteiger partial charge in [-0.15, -0.1) is 0 Å². The second-order valence-corrected chi connectivity index (χ2v) is 5.69. The van der Waals surface area contributed by atoms with E-state index in [0.717, 1.165) is 13.1 Å². The minimum Gasteiger partial charge on any atom is -0.480 e. The first-order chi connectivity index (χ1) is 10.5. The molecule has 1 amide bonds. The third kappa shape index (κ3) is 4.21. The van der Waals surface area contributed by atoms with Gasteiger partial charge in [-0.25, -0.2) is 0 Å². The van der Waals surface area contributed by atoms with Gasteiger partial charge in [-0.05, 0) is 25.5 Å². The highest BCUT2D eigenvalue weighted by Crippen LogP contribution is 2.17. The van der Waals surface area contributed by atoms with Gasteiger partial charge in [-0.1, -0.05) is 17.7 Å². The van der Waals surface area contributed by atoms with Crippen molar-refractivity contribution in [2.75, 3.05) is 31.1 Å². The van der Waals surface area contributed by atoms with Crippen LogP contribution in [0.2, 0.25) is 0 Å². The maximum atomic E-state index is 12.1. The fourth-order valence-electron chi connectivity index (χ4n) is 2.53. The van der Waals surface area contributed by atoms with Gasteiger partial charge in [0, 0.05) is 38.3 Å². The zero-order valence-electron chi connectivity index (χ0n) is 12.9. The molecule has 0 aliphatic carbocycles. The molecular weight excluding hydrogens is 282 g/mol. The zero-order chi connectivity index (χ0) is 16.1. The molecule has 0 aromatic heterocycles. The summed E-state index contributed by atoms with van der Waals surface area (Å²) in [4.78, 5) is 26.8. The van der Waals surface area contributed by atoms with Crippen molar-refractivity contribution >= 4 is 17.6 Å². The van der Waals surface area contributed by atoms with Gasteiger partial charge < -0.3 is 20.6 Å². The molecule has 0 unspecified atom stereocenters. The van der Waals surface area contributed by atoms with Crippen LogP contribution >= 0.6 is 0 Å². The first-order valence-electron chi connectivity index (χ1n) is 7.55. The molecule has 120 valence electrons. The van der Waals surface area contributed by atoms with E-state index >= 15 is 0 Å². The molecule has 6 heteroatoms. The van der Waals surface area contributed by atoms with Crippen LogP contribution < -0.4 is 10.6 Å². The molecule has 6 nitrogen and oxygen atoms in total. The molecule has 1 aliphatic heterocycles. The molecule has 1 fully saturated rings. The number of nitrogens with zero attached hydrogens (tertiary/aromatic N) is 2. The second kappa shape index (κ2) is 7.26. The summed E-state index contributed by atoms with van der Waals surface area (Å²) in [6.45, 7) is 4.96. The lowest BCUT2D eigenvalue weighted by atomic mass is 10.1. The Morgan fingerprint density at radius 1 is 1.18 bits per heavy atom. The highest BCUT2D eigenvalue weighted by molar-refractivity contribution is 5.78. The summed E-state index contributed by atoms with van der Waals surface area (Å²) < 4.78 is 0. The average Bonchev–Trinajstić information content (AvgIpc) is 2.53. The summed E-state index contributed by atoms with van der Waals surface area (Å²) in [5.74, 6) is -1.07. The number of carboxylic acid groups (broad SMARTS) is 1. The van der Waals surface area contributed by atoms with E-state index < -0.39 is 12.0 Å². The summed E-state index contributed by atoms with van der Waals surface area (Å²) in [7, 11) is 0. The molecule has 0 bridgehead atoms. The Bertz CT molecular complexity index is 522. The number of rotatable bonds is 5. The number of anilines is 1. The van der Waals surface area contributed by atoms with Crippen molar-refractivity contribution in [2.45, 2.75) is 25.8 Å². The van der Waals surface area contributed by atoms with Crippen molar-refractivity contribution in [1.29, 1.82) is 0 Å². The standard InChI is InChI=1S/C16H23N3O3/c1-12-2-4-13(5-3-12)18-8-10-19(11-9-18)15(20)7-6-14(17)16(21)22/h2-5,14H,6-11,17H2,1H3,(H,21,22)/t14-/m0/s1. The lowest BCUT2D eigenvalue weighted by Crippen LogP contribution is -2.49. The van der Waals surface area contributed by atoms with Crippen LogP contribution in [0.25, 0.3) is 0 Å². The highest BCUT2D eigenvalue weighted by atomic mass is 16.4. The van der Waals surface area contributed by atoms with Crippen molar-refractivity contribution in [2.24, 2.45) is 5.73 Å². The predicted octanol–water partition coefficient (Wildman–Crippen LogP) is 0.836. The molecule has 0 saturated carbocycles. The maximum Gasteiger partial charge on any atom is 0.320 e. The summed E-state index contributed by atoms with van der Waals surface area (Å²) >= 11 is 0. The van der Waals surface area contributed by atoms with Crippen LogP contribution in [0.4, 0.5) is 5.69 Å². The Balaban J connectivity index is 1.80. The van der Waals surface area contributed by atoms with E-state index in [1.807, 2.05) is 0 Å². The third-order valence-electron chi connectivity index (χ3n) is 4.02. The summed E-state index contributed by atoms with van der Waals surface area (Å²) in [5, 5.41) is 8.73. The number of nitrogens with two attached hydrogens (primary N) is 1. The lowest BCUT2D eigenvalue weighted by molar-refractivity contribution is -0.139. The highest BCUT2D eigenvalue weighted by Gasteiger charge is 2.22. The fourth-order valence-corrected chi connectivity index (χ4v) is 2.53. The smallest absolute Gasteiger partial charge is 0.320 e. The third-order valence-corrected chi connectivity index (χ3v) is 4.02. The van der Waals surface area contributed by atoms with E-state index in [1.165, 1.54) is 11.3 Å². The van der Waals surface area contributed by atoms with Crippen LogP contribution in [0.5, 0.6) is 0 Å². The van der Waals surface area contributed by atoms with Gasteiger partial charge in [0.1, 0.15) is 6.04 Å². The topological polar surface area (TPSA) is 86.9 Å². The van der Waals surface area contributed by atoms with E-state index in [1.54, 1.807) is 4.90 Å². The van der Waals surface area contributed by atoms with Crippen molar-refractivity contribution in [1.82, 2.24) is 4.90 Å². The Kier molecular flexibility index (Phi) is 5.38. The van der Waals surface area contributed by atoms with Gasteiger partial charge in [-0.2, -0.15) is 0 Å². The SMILES string of the molecule is Cc1ccc(N2CCN(C(=O)CC[C@H](N)C(=O)O)CC2)cc1. The van der Waals surface area contributed by atoms with Crippen LogP contribution in [0.1, 0.15) is 18.4 Å². The van der Waals surface area contributed by atoms with E-state index in [2.05, 4.69) is 36.1 Å². The molecule has 1 aromatic rings. The van der Waals surface area contributed by atoms with Crippen LogP contribution in [-0.4, -0.2) is 54.1 Å². The Labute approximate surface area is 130 Å². The molecule has 1 saturated heterocycles. The molecule has 0 spiro atoms. The van der Waals surface area contributed by atoms with Crippen LogP contribution in [0.15, 0.2) is 24.3 Å². The van der Waals surface area contributed by atoms with Crippen LogP contribution in [0, 0.1) is 6.92 Å². The molecule has 1 atom stereocenters. The van der Waals surface area contributed by atoms with Crippen LogP contribution in [-0.2, 0) is 9.59 Å². The fraction of sp³-hybridized carbons (Fsp3) is 0.500. The van der Waals surface area contributed by atoms with E-state index in [0.29, 0.717) is 13.1 Å². The van der Waals surface area contributed by atoms with Gasteiger partial charge in [0.15, 0.2) is 0 Å². The Morgan fingerprint density at radius 2 is 1.77 bits per heavy atom. The number of aliphatic carboxylic acids is 1. The largest absolute Gasteiger partial charge is 0.480 e. The number of hydrogen-bond acceptors (Lipinski definition) is 4. The molecule has 22 heavy (non-hydrogen) atoms. The number of amides is 1. The second-order valence-electron chi connectivity index (χ2n) is 5.69. The molecule has 1 heterocycles. The Morgan fingerprint density at radius 3 is 2.32 bits per heavy atom. The monoisotopic (exact) mass is 305 g/mol. The van der Waals surface area contributed by atoms with E-state index in [4.69, 9.17) is 10.8 Å². The van der Waals surface area contributed by atoms with Gasteiger partial charge in [0.05, 0.1) is 0 Å². The molecule has 0 radical (unpaired) electrons. The predicted molar refractivity (Wildman–Crippen MR) is 84.8 cm³/mol.